The molecular formula is C28H26N2NiSSi. The van der Waals surface area contributed by atoms with Crippen LogP contribution in [-0.4, -0.2) is 18.0 Å². The van der Waals surface area contributed by atoms with E-state index in [1.807, 2.05) is 24.4 Å². The fourth-order valence-corrected chi connectivity index (χ4v) is 11.2. The van der Waals surface area contributed by atoms with Crippen LogP contribution in [0, 0.1) is 6.07 Å². The summed E-state index contributed by atoms with van der Waals surface area (Å²) in [5, 5.41) is 2.97. The van der Waals surface area contributed by atoms with Crippen molar-refractivity contribution >= 4 is 31.1 Å². The van der Waals surface area contributed by atoms with E-state index < -0.39 is 8.07 Å². The number of pyridine rings is 2. The van der Waals surface area contributed by atoms with Gasteiger partial charge in [-0.05, 0) is 34.1 Å². The first-order valence-electron chi connectivity index (χ1n) is 11.4. The minimum absolute atomic E-state index is 0. The molecule has 0 bridgehead atoms. The molecule has 4 aromatic rings. The molecule has 1 aliphatic heterocycles. The summed E-state index contributed by atoms with van der Waals surface area (Å²) < 4.78 is 0. The van der Waals surface area contributed by atoms with Gasteiger partial charge in [-0.1, -0.05) is 80.3 Å². The Morgan fingerprint density at radius 1 is 0.788 bits per heavy atom. The second kappa shape index (κ2) is 9.89. The largest absolute Gasteiger partial charge is 2.00 e. The molecule has 0 radical (unpaired) electrons. The molecule has 5 heteroatoms. The number of hydrogen-bond acceptors (Lipinski definition) is 3. The third-order valence-corrected chi connectivity index (χ3v) is 12.5. The smallest absolute Gasteiger partial charge is 0.779 e. The van der Waals surface area contributed by atoms with Crippen LogP contribution in [0.25, 0.3) is 33.8 Å². The summed E-state index contributed by atoms with van der Waals surface area (Å²) in [5.74, 6) is 0. The summed E-state index contributed by atoms with van der Waals surface area (Å²) in [6.07, 6.45) is 4.19. The first-order valence-corrected chi connectivity index (χ1v) is 14.3. The summed E-state index contributed by atoms with van der Waals surface area (Å²) in [4.78, 5) is 10.7. The van der Waals surface area contributed by atoms with E-state index in [0.29, 0.717) is 0 Å². The van der Waals surface area contributed by atoms with Crippen LogP contribution in [0.3, 0.4) is 0 Å². The standard InChI is InChI=1S/C28H27N2SSi.Ni/c1-3-17-32(18-4-2)25-13-8-12-24(31)27(25)28-26(32)15-14-23(30-28)21-10-7-9-20(19-21)22-11-5-6-16-29-22;/h5-16,31H,3-4,17-18H2,1-2H3;/q-1;+2/p-1. The van der Waals surface area contributed by atoms with Crippen LogP contribution in [0.15, 0.2) is 77.8 Å². The molecule has 0 saturated heterocycles. The number of hydrogen-bond donors (Lipinski definition) is 0. The quantitative estimate of drug-likeness (QED) is 0.185. The molecule has 0 amide bonds. The van der Waals surface area contributed by atoms with E-state index in [1.54, 1.807) is 0 Å². The first-order chi connectivity index (χ1) is 15.7. The van der Waals surface area contributed by atoms with Gasteiger partial charge in [-0.3, -0.25) is 9.97 Å². The van der Waals surface area contributed by atoms with E-state index in [-0.39, 0.29) is 16.5 Å². The van der Waals surface area contributed by atoms with Gasteiger partial charge in [-0.15, -0.1) is 24.3 Å². The Bertz CT molecular complexity index is 1270. The minimum Gasteiger partial charge on any atom is -0.779 e. The summed E-state index contributed by atoms with van der Waals surface area (Å²) in [5.41, 5.74) is 6.18. The molecule has 2 aromatic carbocycles. The Morgan fingerprint density at radius 3 is 2.21 bits per heavy atom. The monoisotopic (exact) mass is 508 g/mol. The fraction of sp³-hybridized carbons (Fsp3) is 0.214. The van der Waals surface area contributed by atoms with Gasteiger partial charge < -0.3 is 12.6 Å². The molecule has 168 valence electrons. The number of aromatic nitrogens is 2. The predicted octanol–water partition coefficient (Wildman–Crippen LogP) is 5.88. The van der Waals surface area contributed by atoms with Crippen molar-refractivity contribution in [3.63, 3.8) is 0 Å². The number of fused-ring (bicyclic) bond motifs is 3. The van der Waals surface area contributed by atoms with Gasteiger partial charge >= 0.3 is 16.5 Å². The van der Waals surface area contributed by atoms with Crippen LogP contribution in [0.4, 0.5) is 0 Å². The van der Waals surface area contributed by atoms with Crippen LogP contribution in [0.2, 0.25) is 12.1 Å². The van der Waals surface area contributed by atoms with Gasteiger partial charge in [0.1, 0.15) is 8.07 Å². The minimum atomic E-state index is -1.84. The molecule has 5 rings (SSSR count). The van der Waals surface area contributed by atoms with E-state index in [9.17, 15) is 0 Å². The third-order valence-electron chi connectivity index (χ3n) is 6.55. The van der Waals surface area contributed by atoms with Gasteiger partial charge in [0.2, 0.25) is 0 Å². The normalized spacial score (nSPS) is 13.2. The van der Waals surface area contributed by atoms with E-state index in [2.05, 4.69) is 73.4 Å². The molecule has 1 aliphatic rings. The first kappa shape index (κ1) is 23.8. The fourth-order valence-electron chi connectivity index (χ4n) is 5.31. The van der Waals surface area contributed by atoms with Crippen molar-refractivity contribution in [2.45, 2.75) is 43.7 Å². The van der Waals surface area contributed by atoms with Crippen LogP contribution >= 0.6 is 0 Å². The van der Waals surface area contributed by atoms with Gasteiger partial charge in [0, 0.05) is 17.6 Å². The van der Waals surface area contributed by atoms with E-state index in [4.69, 9.17) is 17.6 Å². The van der Waals surface area contributed by atoms with E-state index in [1.165, 1.54) is 40.9 Å². The Hall–Kier alpha value is -2.33. The zero-order valence-corrected chi connectivity index (χ0v) is 21.7. The van der Waals surface area contributed by atoms with Crippen molar-refractivity contribution < 1.29 is 16.5 Å². The van der Waals surface area contributed by atoms with Crippen LogP contribution in [0.1, 0.15) is 26.7 Å². The molecule has 0 N–H and O–H groups in total. The summed E-state index contributed by atoms with van der Waals surface area (Å²) in [6, 6.07) is 29.3. The van der Waals surface area contributed by atoms with E-state index in [0.717, 1.165) is 33.1 Å². The van der Waals surface area contributed by atoms with Gasteiger partial charge in [-0.2, -0.15) is 4.90 Å². The van der Waals surface area contributed by atoms with E-state index >= 15 is 0 Å². The van der Waals surface area contributed by atoms with Crippen molar-refractivity contribution in [2.24, 2.45) is 0 Å². The second-order valence-electron chi connectivity index (χ2n) is 8.55. The molecule has 2 aromatic heterocycles. The molecular weight excluding hydrogens is 483 g/mol. The number of benzene rings is 2. The second-order valence-corrected chi connectivity index (χ2v) is 13.2. The average molecular weight is 509 g/mol. The molecule has 0 unspecified atom stereocenters. The number of nitrogens with zero attached hydrogens (tertiary/aromatic N) is 2. The molecule has 0 saturated carbocycles. The van der Waals surface area contributed by atoms with Gasteiger partial charge in [0.15, 0.2) is 0 Å². The predicted molar refractivity (Wildman–Crippen MR) is 138 cm³/mol. The Kier molecular flexibility index (Phi) is 7.13. The molecule has 0 atom stereocenters. The van der Waals surface area contributed by atoms with Gasteiger partial charge in [-0.25, -0.2) is 0 Å². The zero-order valence-electron chi connectivity index (χ0n) is 18.9. The molecule has 2 nitrogen and oxygen atoms in total. The summed E-state index contributed by atoms with van der Waals surface area (Å²) in [6.45, 7) is 4.61. The number of rotatable bonds is 6. The van der Waals surface area contributed by atoms with Crippen molar-refractivity contribution in [1.29, 1.82) is 0 Å². The van der Waals surface area contributed by atoms with Gasteiger partial charge in [0.25, 0.3) is 0 Å². The summed E-state index contributed by atoms with van der Waals surface area (Å²) in [7, 11) is -1.84. The average Bonchev–Trinajstić information content (AvgIpc) is 3.10. The molecule has 0 spiro atoms. The van der Waals surface area contributed by atoms with Crippen LogP contribution in [-0.2, 0) is 29.1 Å². The van der Waals surface area contributed by atoms with Crippen LogP contribution < -0.4 is 10.4 Å². The molecule has 33 heavy (non-hydrogen) atoms. The Balaban J connectivity index is 0.00000259. The Morgan fingerprint density at radius 2 is 1.52 bits per heavy atom. The topological polar surface area (TPSA) is 25.8 Å². The van der Waals surface area contributed by atoms with Gasteiger partial charge in [0.05, 0.1) is 5.69 Å². The molecule has 0 fully saturated rings. The SMILES string of the molecule is CCC[Si]1(CCC)c2ccc(-c3[c-]c(-c4ccccn4)ccc3)nc2-c2c([S-])cccc21.[Ni+2]. The zero-order chi connectivity index (χ0) is 22.1. The maximum absolute atomic E-state index is 5.84. The third kappa shape index (κ3) is 4.07. The molecule has 3 heterocycles. The van der Waals surface area contributed by atoms with Crippen molar-refractivity contribution in [3.05, 3.63) is 79.0 Å². The Labute approximate surface area is 213 Å². The maximum Gasteiger partial charge on any atom is 2.00 e. The van der Waals surface area contributed by atoms with Crippen molar-refractivity contribution in [1.82, 2.24) is 9.97 Å². The molecule has 0 aliphatic carbocycles. The van der Waals surface area contributed by atoms with Crippen LogP contribution in [0.5, 0.6) is 0 Å². The van der Waals surface area contributed by atoms with Crippen molar-refractivity contribution in [2.75, 3.05) is 0 Å². The maximum atomic E-state index is 5.84. The summed E-state index contributed by atoms with van der Waals surface area (Å²) >= 11 is 5.84. The van der Waals surface area contributed by atoms with Crippen molar-refractivity contribution in [3.8, 4) is 33.8 Å².